The molecule has 3 atom stereocenters. The van der Waals surface area contributed by atoms with E-state index in [1.165, 1.54) is 59.5 Å². The SMILES string of the molecule is C1=CCCC(C2NC(C3=CCCC=C3)=[N+]2c2ccc(NC3C=C(c4ccccc4)C=CC3c3cccc4c3sc3ccccc34)cc2)=C1. The van der Waals surface area contributed by atoms with Crippen LogP contribution < -0.4 is 10.6 Å². The zero-order chi connectivity index (χ0) is 31.9. The van der Waals surface area contributed by atoms with Crippen molar-refractivity contribution in [3.63, 3.8) is 0 Å². The number of amidine groups is 1. The van der Waals surface area contributed by atoms with E-state index in [1.807, 2.05) is 11.3 Å². The van der Waals surface area contributed by atoms with E-state index in [2.05, 4.69) is 167 Å². The van der Waals surface area contributed by atoms with E-state index in [-0.39, 0.29) is 18.1 Å². The third kappa shape index (κ3) is 5.27. The number of nitrogens with one attached hydrogen (secondary N) is 2. The topological polar surface area (TPSA) is 27.1 Å². The second-order valence-corrected chi connectivity index (χ2v) is 14.1. The van der Waals surface area contributed by atoms with Crippen LogP contribution in [0.25, 0.3) is 25.7 Å². The quantitative estimate of drug-likeness (QED) is 0.173. The van der Waals surface area contributed by atoms with Gasteiger partial charge in [0.15, 0.2) is 0 Å². The summed E-state index contributed by atoms with van der Waals surface area (Å²) in [4.78, 5) is 0. The number of hydrogen-bond acceptors (Lipinski definition) is 3. The van der Waals surface area contributed by atoms with Gasteiger partial charge in [0.2, 0.25) is 0 Å². The molecule has 234 valence electrons. The number of hydrogen-bond donors (Lipinski definition) is 2. The Morgan fingerprint density at radius 3 is 2.44 bits per heavy atom. The van der Waals surface area contributed by atoms with Gasteiger partial charge in [0.05, 0.1) is 11.6 Å². The highest BCUT2D eigenvalue weighted by Gasteiger charge is 2.42. The lowest BCUT2D eigenvalue weighted by molar-refractivity contribution is -0.513. The van der Waals surface area contributed by atoms with E-state index in [1.54, 1.807) is 0 Å². The molecule has 0 radical (unpaired) electrons. The maximum absolute atomic E-state index is 3.97. The highest BCUT2D eigenvalue weighted by molar-refractivity contribution is 7.26. The summed E-state index contributed by atoms with van der Waals surface area (Å²) in [7, 11) is 0. The Morgan fingerprint density at radius 2 is 1.60 bits per heavy atom. The van der Waals surface area contributed by atoms with Crippen LogP contribution in [0.2, 0.25) is 0 Å². The molecule has 1 aromatic heterocycles. The van der Waals surface area contributed by atoms with Gasteiger partial charge >= 0.3 is 0 Å². The summed E-state index contributed by atoms with van der Waals surface area (Å²) in [5, 5.41) is 10.5. The number of benzene rings is 4. The predicted octanol–water partition coefficient (Wildman–Crippen LogP) is 10.8. The van der Waals surface area contributed by atoms with Gasteiger partial charge < -0.3 is 5.32 Å². The van der Waals surface area contributed by atoms with E-state index in [0.29, 0.717) is 0 Å². The molecule has 4 heteroatoms. The van der Waals surface area contributed by atoms with Crippen molar-refractivity contribution >= 4 is 54.3 Å². The fraction of sp³-hybridized carbons (Fsp3) is 0.159. The molecule has 1 aliphatic heterocycles. The number of allylic oxidation sites excluding steroid dienone is 7. The van der Waals surface area contributed by atoms with E-state index in [4.69, 9.17) is 0 Å². The number of rotatable bonds is 7. The fourth-order valence-electron chi connectivity index (χ4n) is 7.60. The third-order valence-electron chi connectivity index (χ3n) is 10.0. The van der Waals surface area contributed by atoms with Crippen molar-refractivity contribution in [2.75, 3.05) is 5.32 Å². The van der Waals surface area contributed by atoms with Gasteiger partial charge in [-0.25, -0.2) is 5.32 Å². The molecule has 0 saturated heterocycles. The molecule has 0 saturated carbocycles. The van der Waals surface area contributed by atoms with Crippen molar-refractivity contribution in [2.45, 2.75) is 43.8 Å². The van der Waals surface area contributed by atoms with Crippen LogP contribution in [-0.4, -0.2) is 22.6 Å². The summed E-state index contributed by atoms with van der Waals surface area (Å²) in [6.07, 6.45) is 25.4. The molecular formula is C44H38N3S+. The van der Waals surface area contributed by atoms with Crippen LogP contribution >= 0.6 is 11.3 Å². The summed E-state index contributed by atoms with van der Waals surface area (Å²) in [6.45, 7) is 0. The zero-order valence-corrected chi connectivity index (χ0v) is 27.7. The normalized spacial score (nSPS) is 21.8. The van der Waals surface area contributed by atoms with Gasteiger partial charge in [-0.2, -0.15) is 4.58 Å². The van der Waals surface area contributed by atoms with Crippen molar-refractivity contribution in [3.8, 4) is 0 Å². The largest absolute Gasteiger partial charge is 0.378 e. The summed E-state index contributed by atoms with van der Waals surface area (Å²) in [5.41, 5.74) is 8.94. The first-order valence-electron chi connectivity index (χ1n) is 17.2. The van der Waals surface area contributed by atoms with Crippen LogP contribution in [0.5, 0.6) is 0 Å². The van der Waals surface area contributed by atoms with Gasteiger partial charge in [0.1, 0.15) is 5.69 Å². The number of anilines is 1. The second-order valence-electron chi connectivity index (χ2n) is 13.0. The standard InChI is InChI=1S/C44H37N3S/c1-4-13-30(14-5-1)33-23-28-36(38-20-12-21-39-37-19-10-11-22-41(37)48-42(38)39)40(29-33)45-34-24-26-35(27-25-34)47-43(31-15-6-2-7-16-31)46-44(47)32-17-8-3-9-18-32/h1-2,4-6,8,10-15,17-29,36,40,43,45H,3,7,9,16H2/p+1. The first-order valence-corrected chi connectivity index (χ1v) is 18.0. The minimum atomic E-state index is 0.0872. The van der Waals surface area contributed by atoms with Crippen LogP contribution in [0.1, 0.15) is 42.7 Å². The molecule has 3 nitrogen and oxygen atoms in total. The molecule has 2 heterocycles. The fourth-order valence-corrected chi connectivity index (χ4v) is 8.86. The van der Waals surface area contributed by atoms with Crippen molar-refractivity contribution in [1.29, 1.82) is 0 Å². The Morgan fingerprint density at radius 1 is 0.750 bits per heavy atom. The van der Waals surface area contributed by atoms with Crippen LogP contribution in [0.3, 0.4) is 0 Å². The predicted molar refractivity (Wildman–Crippen MR) is 204 cm³/mol. The Kier molecular flexibility index (Phi) is 7.51. The van der Waals surface area contributed by atoms with E-state index in [9.17, 15) is 0 Å². The molecule has 5 aromatic rings. The third-order valence-corrected chi connectivity index (χ3v) is 11.3. The van der Waals surface area contributed by atoms with E-state index >= 15 is 0 Å². The second kappa shape index (κ2) is 12.4. The average molecular weight is 641 g/mol. The summed E-state index contributed by atoms with van der Waals surface area (Å²) >= 11 is 1.91. The molecule has 9 rings (SSSR count). The molecule has 3 aliphatic carbocycles. The molecule has 3 unspecified atom stereocenters. The molecule has 0 spiro atoms. The van der Waals surface area contributed by atoms with Crippen LogP contribution in [0, 0.1) is 0 Å². The lowest BCUT2D eigenvalue weighted by atomic mass is 9.83. The van der Waals surface area contributed by atoms with Gasteiger partial charge in [-0.15, -0.1) is 11.3 Å². The maximum Gasteiger partial charge on any atom is 0.289 e. The molecular weight excluding hydrogens is 603 g/mol. The maximum atomic E-state index is 3.97. The molecule has 2 N–H and O–H groups in total. The molecule has 4 aromatic carbocycles. The van der Waals surface area contributed by atoms with Crippen molar-refractivity contribution in [3.05, 3.63) is 174 Å². The highest BCUT2D eigenvalue weighted by atomic mass is 32.1. The summed E-state index contributed by atoms with van der Waals surface area (Å²) in [5.74, 6) is 1.39. The lowest BCUT2D eigenvalue weighted by Gasteiger charge is -2.32. The van der Waals surface area contributed by atoms with E-state index < -0.39 is 0 Å². The first-order chi connectivity index (χ1) is 23.8. The minimum Gasteiger partial charge on any atom is -0.378 e. The molecule has 48 heavy (non-hydrogen) atoms. The summed E-state index contributed by atoms with van der Waals surface area (Å²) < 4.78 is 5.21. The molecule has 0 bridgehead atoms. The van der Waals surface area contributed by atoms with Crippen molar-refractivity contribution in [2.24, 2.45) is 0 Å². The van der Waals surface area contributed by atoms with Crippen molar-refractivity contribution in [1.82, 2.24) is 5.32 Å². The lowest BCUT2D eigenvalue weighted by Crippen LogP contribution is -2.58. The van der Waals surface area contributed by atoms with Crippen LogP contribution in [-0.2, 0) is 0 Å². The van der Waals surface area contributed by atoms with Gasteiger partial charge in [0.25, 0.3) is 12.0 Å². The van der Waals surface area contributed by atoms with Crippen LogP contribution in [0.4, 0.5) is 11.4 Å². The Hall–Kier alpha value is -5.19. The van der Waals surface area contributed by atoms with Gasteiger partial charge in [0, 0.05) is 37.4 Å². The number of thiophene rings is 1. The smallest absolute Gasteiger partial charge is 0.289 e. The van der Waals surface area contributed by atoms with Gasteiger partial charge in [-0.3, -0.25) is 0 Å². The minimum absolute atomic E-state index is 0.0872. The molecule has 4 aliphatic rings. The highest BCUT2D eigenvalue weighted by Crippen LogP contribution is 2.42. The number of nitrogens with zero attached hydrogens (tertiary/aromatic N) is 1. The summed E-state index contributed by atoms with van der Waals surface area (Å²) in [6, 6.07) is 35.5. The van der Waals surface area contributed by atoms with E-state index in [0.717, 1.165) is 31.4 Å². The Bertz CT molecular complexity index is 2240. The average Bonchev–Trinajstić information content (AvgIpc) is 3.53. The monoisotopic (exact) mass is 640 g/mol. The number of fused-ring (bicyclic) bond motifs is 3. The van der Waals surface area contributed by atoms with Gasteiger partial charge in [-0.05, 0) is 72.7 Å². The molecule has 0 fully saturated rings. The van der Waals surface area contributed by atoms with Crippen molar-refractivity contribution < 1.29 is 4.58 Å². The first kappa shape index (κ1) is 29.0. The van der Waals surface area contributed by atoms with Gasteiger partial charge in [-0.1, -0.05) is 121 Å². The Labute approximate surface area is 286 Å². The van der Waals surface area contributed by atoms with Crippen LogP contribution in [0.15, 0.2) is 163 Å². The molecule has 0 amide bonds. The Balaban J connectivity index is 1.07. The zero-order valence-electron chi connectivity index (χ0n) is 26.8.